The van der Waals surface area contributed by atoms with Gasteiger partial charge in [0.1, 0.15) is 5.69 Å². The van der Waals surface area contributed by atoms with Gasteiger partial charge in [-0.2, -0.15) is 5.10 Å². The second-order valence-electron chi connectivity index (χ2n) is 10.4. The average molecular weight is 514 g/mol. The summed E-state index contributed by atoms with van der Waals surface area (Å²) in [7, 11) is 0. The molecule has 196 valence electrons. The van der Waals surface area contributed by atoms with E-state index in [1.165, 1.54) is 16.7 Å². The molecule has 39 heavy (non-hydrogen) atoms. The summed E-state index contributed by atoms with van der Waals surface area (Å²) in [6.45, 7) is 9.49. The van der Waals surface area contributed by atoms with Gasteiger partial charge >= 0.3 is 0 Å². The van der Waals surface area contributed by atoms with Crippen LogP contribution in [-0.2, 0) is 13.0 Å². The van der Waals surface area contributed by atoms with Crippen LogP contribution in [0.15, 0.2) is 103 Å². The molecular formula is C35H35N3O. The van der Waals surface area contributed by atoms with Crippen molar-refractivity contribution >= 4 is 5.91 Å². The number of carbonyl (C=O) groups excluding carboxylic acids is 1. The molecule has 4 heteroatoms. The van der Waals surface area contributed by atoms with Gasteiger partial charge in [0, 0.05) is 18.7 Å². The Hall–Kier alpha value is -4.44. The summed E-state index contributed by atoms with van der Waals surface area (Å²) in [4.78, 5) is 16.3. The lowest BCUT2D eigenvalue weighted by Crippen LogP contribution is -2.34. The monoisotopic (exact) mass is 513 g/mol. The van der Waals surface area contributed by atoms with Crippen LogP contribution < -0.4 is 0 Å². The summed E-state index contributed by atoms with van der Waals surface area (Å²) >= 11 is 0. The van der Waals surface area contributed by atoms with Gasteiger partial charge in [-0.15, -0.1) is 0 Å². The Morgan fingerprint density at radius 2 is 1.38 bits per heavy atom. The van der Waals surface area contributed by atoms with Crippen LogP contribution in [0, 0.1) is 27.7 Å². The molecule has 1 heterocycles. The van der Waals surface area contributed by atoms with Gasteiger partial charge in [-0.25, -0.2) is 4.68 Å². The van der Waals surface area contributed by atoms with Crippen molar-refractivity contribution < 1.29 is 4.79 Å². The molecule has 1 amide bonds. The van der Waals surface area contributed by atoms with Gasteiger partial charge in [0.05, 0.1) is 11.4 Å². The molecule has 0 radical (unpaired) electrons. The molecule has 0 aliphatic rings. The largest absolute Gasteiger partial charge is 0.333 e. The van der Waals surface area contributed by atoms with Gasteiger partial charge in [0.15, 0.2) is 0 Å². The summed E-state index contributed by atoms with van der Waals surface area (Å²) in [5, 5.41) is 5.02. The Balaban J connectivity index is 1.59. The van der Waals surface area contributed by atoms with E-state index in [-0.39, 0.29) is 5.91 Å². The van der Waals surface area contributed by atoms with E-state index in [0.29, 0.717) is 18.8 Å². The predicted octanol–water partition coefficient (Wildman–Crippen LogP) is 7.66. The Morgan fingerprint density at radius 3 is 2.08 bits per heavy atom. The molecule has 0 N–H and O–H groups in total. The SMILES string of the molecule is Cc1ccc(C)c(-n2nc(-c3ccc(C)c(C)c3)cc2C(=O)N(CCc2ccccc2)Cc2ccccc2)c1. The number of benzene rings is 4. The number of rotatable bonds is 8. The number of aromatic nitrogens is 2. The van der Waals surface area contributed by atoms with E-state index >= 15 is 0 Å². The predicted molar refractivity (Wildman–Crippen MR) is 159 cm³/mol. The molecular weight excluding hydrogens is 478 g/mol. The fraction of sp³-hybridized carbons (Fsp3) is 0.200. The van der Waals surface area contributed by atoms with Crippen LogP contribution in [-0.4, -0.2) is 27.1 Å². The number of hydrogen-bond donors (Lipinski definition) is 0. The van der Waals surface area contributed by atoms with Crippen LogP contribution >= 0.6 is 0 Å². The number of hydrogen-bond acceptors (Lipinski definition) is 2. The van der Waals surface area contributed by atoms with Crippen LogP contribution in [0.25, 0.3) is 16.9 Å². The smallest absolute Gasteiger partial charge is 0.272 e. The highest BCUT2D eigenvalue weighted by molar-refractivity contribution is 5.94. The van der Waals surface area contributed by atoms with E-state index in [1.807, 2.05) is 52.0 Å². The minimum absolute atomic E-state index is 0.0294. The maximum atomic E-state index is 14.4. The average Bonchev–Trinajstić information content (AvgIpc) is 3.40. The molecule has 0 atom stereocenters. The Labute approximate surface area is 231 Å². The minimum Gasteiger partial charge on any atom is -0.333 e. The second kappa shape index (κ2) is 11.5. The third-order valence-electron chi connectivity index (χ3n) is 7.34. The van der Waals surface area contributed by atoms with Gasteiger partial charge in [0.25, 0.3) is 5.91 Å². The van der Waals surface area contributed by atoms with Crippen LogP contribution in [0.5, 0.6) is 0 Å². The normalized spacial score (nSPS) is 11.0. The van der Waals surface area contributed by atoms with E-state index in [2.05, 4.69) is 88.4 Å². The summed E-state index contributed by atoms with van der Waals surface area (Å²) < 4.78 is 1.84. The second-order valence-corrected chi connectivity index (χ2v) is 10.4. The highest BCUT2D eigenvalue weighted by Crippen LogP contribution is 2.27. The number of amides is 1. The standard InChI is InChI=1S/C35H35N3O/c1-25-15-16-27(3)33(21-25)38-34(23-32(36-38)31-18-17-26(2)28(4)22-31)35(39)37(24-30-13-9-6-10-14-30)20-19-29-11-7-5-8-12-29/h5-18,21-23H,19-20,24H2,1-4H3. The van der Waals surface area contributed by atoms with Crippen molar-refractivity contribution in [1.29, 1.82) is 0 Å². The fourth-order valence-electron chi connectivity index (χ4n) is 4.83. The van der Waals surface area contributed by atoms with Crippen molar-refractivity contribution in [3.63, 3.8) is 0 Å². The van der Waals surface area contributed by atoms with E-state index in [4.69, 9.17) is 5.10 Å². The van der Waals surface area contributed by atoms with Crippen LogP contribution in [0.3, 0.4) is 0 Å². The molecule has 0 fully saturated rings. The summed E-state index contributed by atoms with van der Waals surface area (Å²) in [6.07, 6.45) is 0.779. The van der Waals surface area contributed by atoms with E-state index < -0.39 is 0 Å². The zero-order chi connectivity index (χ0) is 27.4. The first-order valence-electron chi connectivity index (χ1n) is 13.5. The molecule has 4 aromatic carbocycles. The van der Waals surface area contributed by atoms with Crippen molar-refractivity contribution in [2.45, 2.75) is 40.7 Å². The van der Waals surface area contributed by atoms with Crippen molar-refractivity contribution in [2.24, 2.45) is 0 Å². The molecule has 0 spiro atoms. The Bertz CT molecular complexity index is 1590. The molecule has 0 bridgehead atoms. The minimum atomic E-state index is -0.0294. The van der Waals surface area contributed by atoms with Gasteiger partial charge in [-0.1, -0.05) is 84.9 Å². The van der Waals surface area contributed by atoms with Crippen molar-refractivity contribution in [3.05, 3.63) is 142 Å². The van der Waals surface area contributed by atoms with Gasteiger partial charge in [-0.05, 0) is 85.7 Å². The summed E-state index contributed by atoms with van der Waals surface area (Å²) in [5.74, 6) is -0.0294. The highest BCUT2D eigenvalue weighted by Gasteiger charge is 2.24. The lowest BCUT2D eigenvalue weighted by molar-refractivity contribution is 0.0736. The van der Waals surface area contributed by atoms with Crippen LogP contribution in [0.4, 0.5) is 0 Å². The van der Waals surface area contributed by atoms with Crippen LogP contribution in [0.2, 0.25) is 0 Å². The van der Waals surface area contributed by atoms with Gasteiger partial charge in [-0.3, -0.25) is 4.79 Å². The van der Waals surface area contributed by atoms with E-state index in [0.717, 1.165) is 40.1 Å². The van der Waals surface area contributed by atoms with Crippen LogP contribution in [0.1, 0.15) is 43.9 Å². The lowest BCUT2D eigenvalue weighted by atomic mass is 10.0. The first-order chi connectivity index (χ1) is 18.9. The molecule has 5 rings (SSSR count). The van der Waals surface area contributed by atoms with Crippen molar-refractivity contribution in [3.8, 4) is 16.9 Å². The third-order valence-corrected chi connectivity index (χ3v) is 7.34. The molecule has 5 aromatic rings. The van der Waals surface area contributed by atoms with Crippen molar-refractivity contribution in [1.82, 2.24) is 14.7 Å². The summed E-state index contributed by atoms with van der Waals surface area (Å²) in [5.41, 5.74) is 10.3. The first-order valence-corrected chi connectivity index (χ1v) is 13.5. The molecule has 0 saturated heterocycles. The maximum absolute atomic E-state index is 14.4. The topological polar surface area (TPSA) is 38.1 Å². The Kier molecular flexibility index (Phi) is 7.74. The zero-order valence-corrected chi connectivity index (χ0v) is 23.2. The summed E-state index contributed by atoms with van der Waals surface area (Å²) in [6, 6.07) is 35.1. The number of carbonyl (C=O) groups is 1. The third kappa shape index (κ3) is 6.01. The van der Waals surface area contributed by atoms with E-state index in [1.54, 1.807) is 0 Å². The molecule has 0 saturated carbocycles. The molecule has 4 nitrogen and oxygen atoms in total. The first kappa shape index (κ1) is 26.2. The van der Waals surface area contributed by atoms with Crippen molar-refractivity contribution in [2.75, 3.05) is 6.54 Å². The molecule has 0 unspecified atom stereocenters. The molecule has 0 aliphatic heterocycles. The molecule has 1 aromatic heterocycles. The Morgan fingerprint density at radius 1 is 0.718 bits per heavy atom. The fourth-order valence-corrected chi connectivity index (χ4v) is 4.83. The van der Waals surface area contributed by atoms with Gasteiger partial charge < -0.3 is 4.90 Å². The quantitative estimate of drug-likeness (QED) is 0.214. The highest BCUT2D eigenvalue weighted by atomic mass is 16.2. The van der Waals surface area contributed by atoms with Gasteiger partial charge in [0.2, 0.25) is 0 Å². The van der Waals surface area contributed by atoms with E-state index in [9.17, 15) is 4.79 Å². The zero-order valence-electron chi connectivity index (χ0n) is 23.2. The number of aryl methyl sites for hydroxylation is 4. The maximum Gasteiger partial charge on any atom is 0.272 e. The number of nitrogens with zero attached hydrogens (tertiary/aromatic N) is 3. The lowest BCUT2D eigenvalue weighted by Gasteiger charge is -2.24. The molecule has 0 aliphatic carbocycles.